The van der Waals surface area contributed by atoms with Gasteiger partial charge in [0.1, 0.15) is 26.3 Å². The van der Waals surface area contributed by atoms with E-state index in [2.05, 4.69) is 5.32 Å². The number of carbonyl (C=O) groups excluding carboxylic acids is 1. The van der Waals surface area contributed by atoms with Crippen molar-refractivity contribution < 1.29 is 26.4 Å². The maximum Gasteiger partial charge on any atom is 0.407 e. The van der Waals surface area contributed by atoms with Crippen molar-refractivity contribution in [2.45, 2.75) is 19.1 Å². The van der Waals surface area contributed by atoms with Crippen molar-refractivity contribution in [2.24, 2.45) is 0 Å². The van der Waals surface area contributed by atoms with Gasteiger partial charge in [-0.3, -0.25) is 0 Å². The van der Waals surface area contributed by atoms with E-state index < -0.39 is 31.8 Å². The first-order valence-electron chi connectivity index (χ1n) is 6.88. The van der Waals surface area contributed by atoms with Gasteiger partial charge in [-0.05, 0) is 12.0 Å². The molecule has 0 fully saturated rings. The standard InChI is InChI=1S/C14H21NO6S2/c1-22(17,18)9-8-13(11-23(2,19)20)15-14(16)21-10-12-6-4-3-5-7-12/h3-7,13H,8-11H2,1-2H3,(H,15,16)/t13-/m1/s1. The molecule has 1 amide bonds. The van der Waals surface area contributed by atoms with E-state index in [1.165, 1.54) is 0 Å². The quantitative estimate of drug-likeness (QED) is 0.731. The monoisotopic (exact) mass is 363 g/mol. The molecule has 0 spiro atoms. The molecule has 1 aromatic carbocycles. The predicted octanol–water partition coefficient (Wildman–Crippen LogP) is 0.761. The van der Waals surface area contributed by atoms with Crippen molar-refractivity contribution in [3.63, 3.8) is 0 Å². The van der Waals surface area contributed by atoms with E-state index in [1.807, 2.05) is 6.07 Å². The lowest BCUT2D eigenvalue weighted by molar-refractivity contribution is 0.136. The molecule has 9 heteroatoms. The Bertz CT molecular complexity index is 713. The van der Waals surface area contributed by atoms with Crippen LogP contribution >= 0.6 is 0 Å². The van der Waals surface area contributed by atoms with E-state index in [0.29, 0.717) is 0 Å². The molecule has 1 atom stereocenters. The van der Waals surface area contributed by atoms with Crippen molar-refractivity contribution in [1.29, 1.82) is 0 Å². The zero-order valence-electron chi connectivity index (χ0n) is 13.1. The van der Waals surface area contributed by atoms with Gasteiger partial charge in [-0.15, -0.1) is 0 Å². The van der Waals surface area contributed by atoms with Crippen LogP contribution in [0.25, 0.3) is 0 Å². The number of hydrogen-bond donors (Lipinski definition) is 1. The summed E-state index contributed by atoms with van der Waals surface area (Å²) in [5.74, 6) is -0.560. The molecule has 0 aliphatic rings. The highest BCUT2D eigenvalue weighted by Crippen LogP contribution is 2.04. The summed E-state index contributed by atoms with van der Waals surface area (Å²) in [6.07, 6.45) is 1.30. The van der Waals surface area contributed by atoms with Crippen LogP contribution in [0.5, 0.6) is 0 Å². The number of carbonyl (C=O) groups is 1. The molecule has 0 aliphatic heterocycles. The van der Waals surface area contributed by atoms with Crippen LogP contribution in [-0.4, -0.2) is 53.0 Å². The highest BCUT2D eigenvalue weighted by molar-refractivity contribution is 7.91. The van der Waals surface area contributed by atoms with Crippen LogP contribution in [0.15, 0.2) is 30.3 Å². The Morgan fingerprint density at radius 3 is 2.22 bits per heavy atom. The van der Waals surface area contributed by atoms with Crippen LogP contribution in [0.2, 0.25) is 0 Å². The number of amides is 1. The number of benzene rings is 1. The maximum atomic E-state index is 11.8. The topological polar surface area (TPSA) is 107 Å². The molecule has 0 bridgehead atoms. The van der Waals surface area contributed by atoms with Gasteiger partial charge in [0.25, 0.3) is 0 Å². The zero-order chi connectivity index (χ0) is 17.5. The summed E-state index contributed by atoms with van der Waals surface area (Å²) < 4.78 is 50.2. The number of nitrogens with one attached hydrogen (secondary N) is 1. The van der Waals surface area contributed by atoms with E-state index in [4.69, 9.17) is 4.74 Å². The van der Waals surface area contributed by atoms with Gasteiger partial charge in [-0.2, -0.15) is 0 Å². The van der Waals surface area contributed by atoms with Gasteiger partial charge in [-0.25, -0.2) is 21.6 Å². The second-order valence-corrected chi connectivity index (χ2v) is 9.86. The van der Waals surface area contributed by atoms with Crippen LogP contribution < -0.4 is 5.32 Å². The first-order valence-corrected chi connectivity index (χ1v) is 11.0. The van der Waals surface area contributed by atoms with Crippen molar-refractivity contribution in [1.82, 2.24) is 5.32 Å². The Morgan fingerprint density at radius 2 is 1.70 bits per heavy atom. The Balaban J connectivity index is 2.58. The van der Waals surface area contributed by atoms with Crippen molar-refractivity contribution >= 4 is 25.8 Å². The van der Waals surface area contributed by atoms with Crippen LogP contribution in [0.3, 0.4) is 0 Å². The summed E-state index contributed by atoms with van der Waals surface area (Å²) >= 11 is 0. The molecule has 0 radical (unpaired) electrons. The van der Waals surface area contributed by atoms with Crippen LogP contribution in [0, 0.1) is 0 Å². The first kappa shape index (κ1) is 19.4. The lowest BCUT2D eigenvalue weighted by Crippen LogP contribution is -2.41. The van der Waals surface area contributed by atoms with Crippen LogP contribution in [0.4, 0.5) is 4.79 Å². The zero-order valence-corrected chi connectivity index (χ0v) is 14.7. The molecule has 0 aliphatic carbocycles. The SMILES string of the molecule is CS(=O)(=O)CC[C@H](CS(C)(=O)=O)NC(=O)OCc1ccccc1. The maximum absolute atomic E-state index is 11.8. The summed E-state index contributed by atoms with van der Waals surface area (Å²) in [6, 6.07) is 8.18. The molecular weight excluding hydrogens is 342 g/mol. The Labute approximate surface area is 136 Å². The summed E-state index contributed by atoms with van der Waals surface area (Å²) in [4.78, 5) is 11.8. The third-order valence-electron chi connectivity index (χ3n) is 2.88. The highest BCUT2D eigenvalue weighted by Gasteiger charge is 2.20. The van der Waals surface area contributed by atoms with E-state index in [9.17, 15) is 21.6 Å². The Morgan fingerprint density at radius 1 is 1.09 bits per heavy atom. The van der Waals surface area contributed by atoms with E-state index in [0.717, 1.165) is 18.1 Å². The molecule has 130 valence electrons. The smallest absolute Gasteiger partial charge is 0.407 e. The van der Waals surface area contributed by atoms with Gasteiger partial charge in [-0.1, -0.05) is 30.3 Å². The van der Waals surface area contributed by atoms with Crippen molar-refractivity contribution in [3.05, 3.63) is 35.9 Å². The van der Waals surface area contributed by atoms with Gasteiger partial charge < -0.3 is 10.1 Å². The highest BCUT2D eigenvalue weighted by atomic mass is 32.2. The van der Waals surface area contributed by atoms with Crippen LogP contribution in [-0.2, 0) is 31.0 Å². The molecule has 0 aromatic heterocycles. The third kappa shape index (κ3) is 9.90. The lowest BCUT2D eigenvalue weighted by atomic mass is 10.2. The fourth-order valence-electron chi connectivity index (χ4n) is 1.85. The van der Waals surface area contributed by atoms with Gasteiger partial charge in [0.05, 0.1) is 11.5 Å². The minimum absolute atomic E-state index is 0.00629. The second-order valence-electron chi connectivity index (χ2n) is 5.41. The molecule has 23 heavy (non-hydrogen) atoms. The van der Waals surface area contributed by atoms with Crippen molar-refractivity contribution in [3.8, 4) is 0 Å². The van der Waals surface area contributed by atoms with Gasteiger partial charge >= 0.3 is 6.09 Å². The molecule has 1 rings (SSSR count). The molecule has 0 saturated heterocycles. The number of rotatable bonds is 8. The number of ether oxygens (including phenoxy) is 1. The molecule has 0 saturated carbocycles. The third-order valence-corrected chi connectivity index (χ3v) is 4.86. The average molecular weight is 363 g/mol. The lowest BCUT2D eigenvalue weighted by Gasteiger charge is -2.17. The second kappa shape index (κ2) is 8.30. The molecule has 0 heterocycles. The summed E-state index contributed by atoms with van der Waals surface area (Å²) in [5, 5.41) is 2.41. The molecule has 7 nitrogen and oxygen atoms in total. The Kier molecular flexibility index (Phi) is 7.01. The Hall–Kier alpha value is -1.61. The predicted molar refractivity (Wildman–Crippen MR) is 87.6 cm³/mol. The van der Waals surface area contributed by atoms with E-state index in [1.54, 1.807) is 24.3 Å². The van der Waals surface area contributed by atoms with Crippen LogP contribution in [0.1, 0.15) is 12.0 Å². The largest absolute Gasteiger partial charge is 0.445 e. The number of alkyl carbamates (subject to hydrolysis) is 1. The van der Waals surface area contributed by atoms with Crippen molar-refractivity contribution in [2.75, 3.05) is 24.0 Å². The minimum atomic E-state index is -3.37. The average Bonchev–Trinajstić information content (AvgIpc) is 2.41. The molecule has 1 aromatic rings. The summed E-state index contributed by atoms with van der Waals surface area (Å²) in [7, 11) is -6.62. The number of sulfone groups is 2. The summed E-state index contributed by atoms with van der Waals surface area (Å²) in [5.41, 5.74) is 0.790. The molecule has 0 unspecified atom stereocenters. The van der Waals surface area contributed by atoms with E-state index >= 15 is 0 Å². The summed E-state index contributed by atoms with van der Waals surface area (Å²) in [6.45, 7) is 0.0460. The fourth-order valence-corrected chi connectivity index (χ4v) is 3.54. The van der Waals surface area contributed by atoms with Gasteiger partial charge in [0.15, 0.2) is 0 Å². The van der Waals surface area contributed by atoms with Gasteiger partial charge in [0.2, 0.25) is 0 Å². The normalized spacial score (nSPS) is 13.3. The van der Waals surface area contributed by atoms with Gasteiger partial charge in [0, 0.05) is 18.6 Å². The molecular formula is C14H21NO6S2. The minimum Gasteiger partial charge on any atom is -0.445 e. The fraction of sp³-hybridized carbons (Fsp3) is 0.500. The van der Waals surface area contributed by atoms with E-state index in [-0.39, 0.29) is 24.5 Å². The molecule has 1 N–H and O–H groups in total. The first-order chi connectivity index (χ1) is 10.6. The number of hydrogen-bond acceptors (Lipinski definition) is 6.